The van der Waals surface area contributed by atoms with Crippen molar-refractivity contribution in [2.24, 2.45) is 45.3 Å². The van der Waals surface area contributed by atoms with Gasteiger partial charge in [0.15, 0.2) is 0 Å². The van der Waals surface area contributed by atoms with Crippen molar-refractivity contribution >= 4 is 11.9 Å². The lowest BCUT2D eigenvalue weighted by atomic mass is 9.35. The van der Waals surface area contributed by atoms with E-state index in [1.165, 1.54) is 13.8 Å². The van der Waals surface area contributed by atoms with Crippen LogP contribution in [0.1, 0.15) is 133 Å². The van der Waals surface area contributed by atoms with Crippen molar-refractivity contribution in [3.8, 4) is 0 Å². The number of carbonyl (C=O) groups excluding carboxylic acids is 2. The molecule has 6 heteroatoms. The summed E-state index contributed by atoms with van der Waals surface area (Å²) in [6.45, 7) is 20.7. The molecule has 0 aliphatic heterocycles. The maximum atomic E-state index is 12.5. The summed E-state index contributed by atoms with van der Waals surface area (Å²) in [5.74, 6) is 0.497. The highest BCUT2D eigenvalue weighted by atomic mass is 16.5. The molecule has 0 radical (unpaired) electrons. The maximum absolute atomic E-state index is 12.5. The average Bonchev–Trinajstić information content (AvgIpc) is 3.16. The molecule has 6 nitrogen and oxygen atoms in total. The molecule has 4 fully saturated rings. The second kappa shape index (κ2) is 10.2. The summed E-state index contributed by atoms with van der Waals surface area (Å²) in [4.78, 5) is 24.5. The first-order chi connectivity index (χ1) is 18.2. The van der Waals surface area contributed by atoms with Crippen LogP contribution < -0.4 is 0 Å². The molecule has 2 N–H and O–H groups in total. The molecule has 0 saturated heterocycles. The van der Waals surface area contributed by atoms with Crippen molar-refractivity contribution in [3.05, 3.63) is 0 Å². The first kappa shape index (κ1) is 31.8. The summed E-state index contributed by atoms with van der Waals surface area (Å²) in [5, 5.41) is 22.2. The van der Waals surface area contributed by atoms with Gasteiger partial charge in [-0.25, -0.2) is 0 Å². The molecule has 0 bridgehead atoms. The highest BCUT2D eigenvalue weighted by Crippen LogP contribution is 2.76. The number of esters is 2. The molecular weight excluding hydrogens is 504 g/mol. The van der Waals surface area contributed by atoms with E-state index in [4.69, 9.17) is 9.47 Å². The Hall–Kier alpha value is -1.14. The minimum atomic E-state index is -0.888. The van der Waals surface area contributed by atoms with Gasteiger partial charge in [0.1, 0.15) is 12.2 Å². The lowest BCUT2D eigenvalue weighted by molar-refractivity contribution is -0.252. The summed E-state index contributed by atoms with van der Waals surface area (Å²) < 4.78 is 12.1. The van der Waals surface area contributed by atoms with Gasteiger partial charge in [-0.3, -0.25) is 9.59 Å². The predicted molar refractivity (Wildman–Crippen MR) is 156 cm³/mol. The number of carbonyl (C=O) groups is 2. The zero-order valence-corrected chi connectivity index (χ0v) is 27.1. The maximum Gasteiger partial charge on any atom is 0.302 e. The minimum Gasteiger partial charge on any atom is -0.462 e. The van der Waals surface area contributed by atoms with Crippen LogP contribution in [0.15, 0.2) is 0 Å². The Bertz CT molecular complexity index is 979. The molecule has 10 atom stereocenters. The number of ether oxygens (including phenoxy) is 2. The molecule has 4 aliphatic carbocycles. The van der Waals surface area contributed by atoms with Gasteiger partial charge in [0.05, 0.1) is 11.2 Å². The lowest BCUT2D eigenvalue weighted by Crippen LogP contribution is -2.67. The van der Waals surface area contributed by atoms with Gasteiger partial charge in [0.25, 0.3) is 0 Å². The highest BCUT2D eigenvalue weighted by Gasteiger charge is 2.72. The van der Waals surface area contributed by atoms with Crippen molar-refractivity contribution in [1.82, 2.24) is 0 Å². The molecule has 4 aliphatic rings. The molecule has 0 heterocycles. The summed E-state index contributed by atoms with van der Waals surface area (Å²) in [6.07, 6.45) is 8.59. The molecular formula is C34H58O6. The number of hydrogen-bond acceptors (Lipinski definition) is 6. The molecule has 230 valence electrons. The Morgan fingerprint density at radius 1 is 0.800 bits per heavy atom. The first-order valence-electron chi connectivity index (χ1n) is 16.0. The molecule has 0 unspecified atom stereocenters. The number of rotatable bonds is 7. The Labute approximate surface area is 243 Å². The van der Waals surface area contributed by atoms with Gasteiger partial charge in [0, 0.05) is 25.2 Å². The Balaban J connectivity index is 1.69. The van der Waals surface area contributed by atoms with Crippen LogP contribution in [0.5, 0.6) is 0 Å². The Kier molecular flexibility index (Phi) is 8.14. The molecule has 0 amide bonds. The van der Waals surface area contributed by atoms with E-state index in [-0.39, 0.29) is 57.6 Å². The van der Waals surface area contributed by atoms with Crippen LogP contribution in [0.2, 0.25) is 0 Å². The minimum absolute atomic E-state index is 0.0445. The van der Waals surface area contributed by atoms with Gasteiger partial charge < -0.3 is 19.7 Å². The summed E-state index contributed by atoms with van der Waals surface area (Å²) in [5.41, 5.74) is -1.72. The van der Waals surface area contributed by atoms with E-state index in [1.807, 2.05) is 20.8 Å². The number of fused-ring (bicyclic) bond motifs is 5. The van der Waals surface area contributed by atoms with Crippen LogP contribution in [0, 0.1) is 45.3 Å². The van der Waals surface area contributed by atoms with Crippen molar-refractivity contribution in [3.63, 3.8) is 0 Å². The van der Waals surface area contributed by atoms with E-state index in [2.05, 4.69) is 34.6 Å². The van der Waals surface area contributed by atoms with Gasteiger partial charge in [-0.05, 0) is 119 Å². The molecule has 4 rings (SSSR count). The second-order valence-electron chi connectivity index (χ2n) is 16.5. The number of aliphatic hydroxyl groups is 2. The van der Waals surface area contributed by atoms with Gasteiger partial charge in [-0.15, -0.1) is 0 Å². The van der Waals surface area contributed by atoms with E-state index in [1.54, 1.807) is 0 Å². The largest absolute Gasteiger partial charge is 0.462 e. The van der Waals surface area contributed by atoms with Gasteiger partial charge in [-0.1, -0.05) is 34.6 Å². The van der Waals surface area contributed by atoms with Gasteiger partial charge in [-0.2, -0.15) is 0 Å². The van der Waals surface area contributed by atoms with Crippen molar-refractivity contribution < 1.29 is 29.3 Å². The molecule has 0 aromatic heterocycles. The summed E-state index contributed by atoms with van der Waals surface area (Å²) in [6, 6.07) is 0. The predicted octanol–water partition coefficient (Wildman–Crippen LogP) is 6.84. The fourth-order valence-corrected chi connectivity index (χ4v) is 11.2. The second-order valence-corrected chi connectivity index (χ2v) is 16.5. The topological polar surface area (TPSA) is 93.1 Å². The Morgan fingerprint density at radius 2 is 1.40 bits per heavy atom. The van der Waals surface area contributed by atoms with Crippen LogP contribution in [0.4, 0.5) is 0 Å². The van der Waals surface area contributed by atoms with E-state index in [0.717, 1.165) is 51.4 Å². The highest BCUT2D eigenvalue weighted by molar-refractivity contribution is 5.66. The van der Waals surface area contributed by atoms with E-state index >= 15 is 0 Å². The van der Waals surface area contributed by atoms with Crippen LogP contribution in [-0.4, -0.2) is 45.6 Å². The average molecular weight is 563 g/mol. The van der Waals surface area contributed by atoms with E-state index in [0.29, 0.717) is 24.7 Å². The normalized spacial score (nSPS) is 44.0. The molecule has 4 saturated carbocycles. The van der Waals surface area contributed by atoms with Crippen molar-refractivity contribution in [2.75, 3.05) is 0 Å². The molecule has 0 spiro atoms. The standard InChI is InChI=1S/C34H58O6/c1-21(35)39-24-20-26-31(7)17-14-27(40-22(2)36)30(5,6)25(31)13-19-32(26,8)33(9)18-12-23(28(24)33)34(10,38)16-11-15-29(3,4)37/h23-28,37-38H,11-20H2,1-10H3/t23-,24+,25-,26+,27-,28-,31-,32+,33+,34-/m0/s1. The quantitative estimate of drug-likeness (QED) is 0.330. The lowest BCUT2D eigenvalue weighted by Gasteiger charge is -2.70. The zero-order chi connectivity index (χ0) is 30.1. The molecule has 0 aromatic carbocycles. The van der Waals surface area contributed by atoms with Crippen LogP contribution in [0.25, 0.3) is 0 Å². The van der Waals surface area contributed by atoms with Crippen molar-refractivity contribution in [1.29, 1.82) is 0 Å². The smallest absolute Gasteiger partial charge is 0.302 e. The fraction of sp³-hybridized carbons (Fsp3) is 0.941. The fourth-order valence-electron chi connectivity index (χ4n) is 11.2. The SMILES string of the molecule is CC(=O)O[C@H]1CC[C@]2(C)[C@H]3C[C@@H](OC(C)=O)[C@@H]4[C@@H]([C@@](C)(O)CCCC(C)(C)O)CC[C@@]4(C)[C@]3(C)CC[C@H]2C1(C)C. The van der Waals surface area contributed by atoms with Crippen LogP contribution in [0.3, 0.4) is 0 Å². The first-order valence-corrected chi connectivity index (χ1v) is 16.0. The Morgan fingerprint density at radius 3 is 1.98 bits per heavy atom. The van der Waals surface area contributed by atoms with E-state index < -0.39 is 11.2 Å². The summed E-state index contributed by atoms with van der Waals surface area (Å²) in [7, 11) is 0. The van der Waals surface area contributed by atoms with Gasteiger partial charge >= 0.3 is 11.9 Å². The third-order valence-corrected chi connectivity index (χ3v) is 13.2. The van der Waals surface area contributed by atoms with Crippen LogP contribution in [-0.2, 0) is 19.1 Å². The molecule has 0 aromatic rings. The molecule has 40 heavy (non-hydrogen) atoms. The third kappa shape index (κ3) is 5.16. The number of hydrogen-bond donors (Lipinski definition) is 2. The van der Waals surface area contributed by atoms with Crippen molar-refractivity contribution in [2.45, 2.75) is 157 Å². The van der Waals surface area contributed by atoms with Crippen LogP contribution >= 0.6 is 0 Å². The summed E-state index contributed by atoms with van der Waals surface area (Å²) >= 11 is 0. The van der Waals surface area contributed by atoms with E-state index in [9.17, 15) is 19.8 Å². The third-order valence-electron chi connectivity index (χ3n) is 13.2. The zero-order valence-electron chi connectivity index (χ0n) is 27.1. The van der Waals surface area contributed by atoms with Gasteiger partial charge in [0.2, 0.25) is 0 Å². The monoisotopic (exact) mass is 562 g/mol.